The summed E-state index contributed by atoms with van der Waals surface area (Å²) in [6.45, 7) is 4.50. The van der Waals surface area contributed by atoms with Gasteiger partial charge in [0.15, 0.2) is 0 Å². The van der Waals surface area contributed by atoms with Gasteiger partial charge in [0, 0.05) is 6.54 Å². The van der Waals surface area contributed by atoms with E-state index in [9.17, 15) is 9.90 Å². The van der Waals surface area contributed by atoms with Gasteiger partial charge in [0.2, 0.25) is 0 Å². The summed E-state index contributed by atoms with van der Waals surface area (Å²) < 4.78 is 5.07. The number of carbonyl (C=O) groups excluding carboxylic acids is 1. The van der Waals surface area contributed by atoms with Gasteiger partial charge in [0.1, 0.15) is 6.61 Å². The number of hydrogen-bond donors (Lipinski definition) is 2. The van der Waals surface area contributed by atoms with Gasteiger partial charge in [0.05, 0.1) is 6.10 Å². The lowest BCUT2D eigenvalue weighted by molar-refractivity contribution is 0.133. The molecular weight excluding hydrogens is 230 g/mol. The molecule has 2 atom stereocenters. The topological polar surface area (TPSA) is 58.6 Å². The van der Waals surface area contributed by atoms with Crippen molar-refractivity contribution in [2.75, 3.05) is 6.54 Å². The van der Waals surface area contributed by atoms with E-state index in [2.05, 4.69) is 5.32 Å². The summed E-state index contributed by atoms with van der Waals surface area (Å²) in [5.74, 6) is 0.231. The number of alkyl carbamates (subject to hydrolysis) is 1. The highest BCUT2D eigenvalue weighted by molar-refractivity contribution is 5.67. The second kappa shape index (κ2) is 7.71. The Kier molecular flexibility index (Phi) is 6.22. The summed E-state index contributed by atoms with van der Waals surface area (Å²) in [5.41, 5.74) is 0.963. The van der Waals surface area contributed by atoms with E-state index in [1.807, 2.05) is 37.3 Å². The maximum atomic E-state index is 11.4. The number of aliphatic hydroxyl groups excluding tert-OH is 1. The number of ether oxygens (including phenoxy) is 1. The molecule has 100 valence electrons. The fourth-order valence-corrected chi connectivity index (χ4v) is 1.70. The number of nitrogens with one attached hydrogen (secondary N) is 1. The van der Waals surface area contributed by atoms with E-state index in [0.717, 1.165) is 5.56 Å². The van der Waals surface area contributed by atoms with Crippen LogP contribution in [-0.2, 0) is 11.3 Å². The molecule has 0 saturated heterocycles. The molecule has 0 spiro atoms. The van der Waals surface area contributed by atoms with Crippen molar-refractivity contribution in [1.82, 2.24) is 5.32 Å². The molecule has 1 rings (SSSR count). The summed E-state index contributed by atoms with van der Waals surface area (Å²) in [4.78, 5) is 11.4. The largest absolute Gasteiger partial charge is 0.445 e. The van der Waals surface area contributed by atoms with E-state index < -0.39 is 6.09 Å². The molecule has 0 radical (unpaired) electrons. The van der Waals surface area contributed by atoms with E-state index in [0.29, 0.717) is 13.0 Å². The Morgan fingerprint density at radius 3 is 2.61 bits per heavy atom. The van der Waals surface area contributed by atoms with Gasteiger partial charge in [-0.1, -0.05) is 37.3 Å². The van der Waals surface area contributed by atoms with E-state index in [4.69, 9.17) is 4.74 Å². The zero-order valence-corrected chi connectivity index (χ0v) is 10.9. The van der Waals surface area contributed by atoms with Crippen LogP contribution in [-0.4, -0.2) is 23.8 Å². The van der Waals surface area contributed by atoms with Crippen LogP contribution >= 0.6 is 0 Å². The zero-order chi connectivity index (χ0) is 13.4. The Hall–Kier alpha value is -1.55. The van der Waals surface area contributed by atoms with Gasteiger partial charge < -0.3 is 15.2 Å². The molecule has 18 heavy (non-hydrogen) atoms. The lowest BCUT2D eigenvalue weighted by Crippen LogP contribution is -2.29. The molecular formula is C14H21NO3. The molecule has 0 aliphatic carbocycles. The third-order valence-corrected chi connectivity index (χ3v) is 2.55. The van der Waals surface area contributed by atoms with Crippen molar-refractivity contribution in [3.8, 4) is 0 Å². The number of amides is 1. The van der Waals surface area contributed by atoms with Crippen LogP contribution in [0.3, 0.4) is 0 Å². The number of benzene rings is 1. The number of carbonyl (C=O) groups is 1. The van der Waals surface area contributed by atoms with Crippen molar-refractivity contribution in [2.24, 2.45) is 5.92 Å². The van der Waals surface area contributed by atoms with E-state index >= 15 is 0 Å². The molecule has 1 aromatic rings. The third kappa shape index (κ3) is 6.25. The molecule has 0 saturated carbocycles. The Balaban J connectivity index is 2.18. The predicted octanol–water partition coefficient (Wildman–Crippen LogP) is 2.32. The minimum atomic E-state index is -0.420. The van der Waals surface area contributed by atoms with Gasteiger partial charge in [-0.3, -0.25) is 0 Å². The standard InChI is InChI=1S/C14H21NO3/c1-11(8-12(2)16)9-15-14(17)18-10-13-6-4-3-5-7-13/h3-7,11-12,16H,8-10H2,1-2H3,(H,15,17). The minimum absolute atomic E-state index is 0.231. The lowest BCUT2D eigenvalue weighted by Gasteiger charge is -2.14. The summed E-state index contributed by atoms with van der Waals surface area (Å²) in [7, 11) is 0. The summed E-state index contributed by atoms with van der Waals surface area (Å²) in [5, 5.41) is 11.9. The van der Waals surface area contributed by atoms with Gasteiger partial charge in [0.25, 0.3) is 0 Å². The first kappa shape index (κ1) is 14.5. The van der Waals surface area contributed by atoms with E-state index in [-0.39, 0.29) is 18.6 Å². The first-order valence-electron chi connectivity index (χ1n) is 6.20. The maximum Gasteiger partial charge on any atom is 0.407 e. The summed E-state index contributed by atoms with van der Waals surface area (Å²) >= 11 is 0. The van der Waals surface area contributed by atoms with Crippen LogP contribution in [0.1, 0.15) is 25.8 Å². The number of aliphatic hydroxyl groups is 1. The Morgan fingerprint density at radius 1 is 1.33 bits per heavy atom. The average Bonchev–Trinajstić information content (AvgIpc) is 2.34. The van der Waals surface area contributed by atoms with Gasteiger partial charge in [-0.15, -0.1) is 0 Å². The Labute approximate surface area is 108 Å². The van der Waals surface area contributed by atoms with Crippen molar-refractivity contribution < 1.29 is 14.6 Å². The first-order chi connectivity index (χ1) is 8.58. The molecule has 0 fully saturated rings. The molecule has 1 amide bonds. The molecule has 0 aromatic heterocycles. The van der Waals surface area contributed by atoms with Crippen molar-refractivity contribution in [2.45, 2.75) is 33.0 Å². The molecule has 0 bridgehead atoms. The van der Waals surface area contributed by atoms with Crippen molar-refractivity contribution in [3.63, 3.8) is 0 Å². The second-order valence-corrected chi connectivity index (χ2v) is 4.63. The lowest BCUT2D eigenvalue weighted by atomic mass is 10.1. The highest BCUT2D eigenvalue weighted by Gasteiger charge is 2.08. The van der Waals surface area contributed by atoms with Crippen LogP contribution in [0.2, 0.25) is 0 Å². The van der Waals surface area contributed by atoms with Crippen LogP contribution < -0.4 is 5.32 Å². The van der Waals surface area contributed by atoms with Crippen LogP contribution in [0, 0.1) is 5.92 Å². The average molecular weight is 251 g/mol. The Morgan fingerprint density at radius 2 is 2.00 bits per heavy atom. The second-order valence-electron chi connectivity index (χ2n) is 4.63. The van der Waals surface area contributed by atoms with Crippen molar-refractivity contribution in [3.05, 3.63) is 35.9 Å². The summed E-state index contributed by atoms with van der Waals surface area (Å²) in [6.07, 6.45) is -0.0997. The van der Waals surface area contributed by atoms with Gasteiger partial charge in [-0.25, -0.2) is 4.79 Å². The quantitative estimate of drug-likeness (QED) is 0.815. The zero-order valence-electron chi connectivity index (χ0n) is 10.9. The SMILES string of the molecule is CC(O)CC(C)CNC(=O)OCc1ccccc1. The van der Waals surface area contributed by atoms with Gasteiger partial charge in [-0.05, 0) is 24.8 Å². The first-order valence-corrected chi connectivity index (χ1v) is 6.20. The molecule has 2 unspecified atom stereocenters. The number of hydrogen-bond acceptors (Lipinski definition) is 3. The van der Waals surface area contributed by atoms with E-state index in [1.54, 1.807) is 6.92 Å². The summed E-state index contributed by atoms with van der Waals surface area (Å²) in [6, 6.07) is 9.54. The normalized spacial score (nSPS) is 13.7. The Bertz CT molecular complexity index is 351. The van der Waals surface area contributed by atoms with Crippen LogP contribution in [0.4, 0.5) is 4.79 Å². The molecule has 0 aliphatic heterocycles. The predicted molar refractivity (Wildman–Crippen MR) is 70.1 cm³/mol. The fraction of sp³-hybridized carbons (Fsp3) is 0.500. The fourth-order valence-electron chi connectivity index (χ4n) is 1.70. The highest BCUT2D eigenvalue weighted by Crippen LogP contribution is 2.04. The molecule has 2 N–H and O–H groups in total. The van der Waals surface area contributed by atoms with Crippen LogP contribution in [0.25, 0.3) is 0 Å². The van der Waals surface area contributed by atoms with Gasteiger partial charge >= 0.3 is 6.09 Å². The molecule has 0 heterocycles. The molecule has 4 heteroatoms. The molecule has 1 aromatic carbocycles. The monoisotopic (exact) mass is 251 g/mol. The highest BCUT2D eigenvalue weighted by atomic mass is 16.5. The number of rotatable bonds is 6. The van der Waals surface area contributed by atoms with Gasteiger partial charge in [-0.2, -0.15) is 0 Å². The van der Waals surface area contributed by atoms with Crippen LogP contribution in [0.15, 0.2) is 30.3 Å². The van der Waals surface area contributed by atoms with E-state index in [1.165, 1.54) is 0 Å². The smallest absolute Gasteiger partial charge is 0.407 e. The van der Waals surface area contributed by atoms with Crippen LogP contribution in [0.5, 0.6) is 0 Å². The molecule has 4 nitrogen and oxygen atoms in total. The molecule has 0 aliphatic rings. The maximum absolute atomic E-state index is 11.4. The van der Waals surface area contributed by atoms with Crippen molar-refractivity contribution >= 4 is 6.09 Å². The van der Waals surface area contributed by atoms with Crippen molar-refractivity contribution in [1.29, 1.82) is 0 Å². The minimum Gasteiger partial charge on any atom is -0.445 e. The third-order valence-electron chi connectivity index (χ3n) is 2.55.